The fraction of sp³-hybridized carbons (Fsp3) is 0.778. The lowest BCUT2D eigenvalue weighted by Gasteiger charge is -2.24. The van der Waals surface area contributed by atoms with E-state index in [1.165, 1.54) is 4.90 Å². The lowest BCUT2D eigenvalue weighted by molar-refractivity contribution is -0.140. The zero-order chi connectivity index (χ0) is 11.6. The van der Waals surface area contributed by atoms with Gasteiger partial charge in [0.15, 0.2) is 0 Å². The molecule has 1 atom stereocenters. The molecule has 86 valence electrons. The Hall–Kier alpha value is -0.493. The van der Waals surface area contributed by atoms with Gasteiger partial charge in [-0.1, -0.05) is 31.4 Å². The van der Waals surface area contributed by atoms with Gasteiger partial charge in [-0.05, 0) is 6.04 Å². The van der Waals surface area contributed by atoms with E-state index in [9.17, 15) is 9.59 Å². The van der Waals surface area contributed by atoms with E-state index >= 15 is 0 Å². The molecule has 0 radical (unpaired) electrons. The lowest BCUT2D eigenvalue weighted by atomic mass is 10.3. The van der Waals surface area contributed by atoms with Crippen molar-refractivity contribution >= 4 is 31.0 Å². The molecule has 0 unspecified atom stereocenters. The summed E-state index contributed by atoms with van der Waals surface area (Å²) in [5, 5.41) is 8.85. The second-order valence-corrected chi connectivity index (χ2v) is 11.5. The van der Waals surface area contributed by atoms with Gasteiger partial charge in [-0.15, -0.1) is 0 Å². The van der Waals surface area contributed by atoms with Crippen molar-refractivity contribution < 1.29 is 14.7 Å². The molecule has 0 aliphatic carbocycles. The molecule has 1 heterocycles. The molecule has 0 bridgehead atoms. The Balaban J connectivity index is 2.58. The molecular formula is C9H17NO3SSi. The predicted octanol–water partition coefficient (Wildman–Crippen LogP) is 1.95. The maximum Gasteiger partial charge on any atom is 0.327 e. The first kappa shape index (κ1) is 12.6. The number of carboxylic acids is 1. The summed E-state index contributed by atoms with van der Waals surface area (Å²) in [4.78, 5) is 23.8. The summed E-state index contributed by atoms with van der Waals surface area (Å²) in [6.45, 7) is 7.25. The second-order valence-electron chi connectivity index (χ2n) is 4.94. The third-order valence-corrected chi connectivity index (χ3v) is 5.05. The molecule has 0 aromatic rings. The van der Waals surface area contributed by atoms with E-state index in [1.807, 2.05) is 0 Å². The van der Waals surface area contributed by atoms with E-state index in [0.29, 0.717) is 12.3 Å². The first-order valence-electron chi connectivity index (χ1n) is 4.97. The fourth-order valence-electron chi connectivity index (χ4n) is 1.36. The van der Waals surface area contributed by atoms with E-state index in [-0.39, 0.29) is 5.24 Å². The highest BCUT2D eigenvalue weighted by molar-refractivity contribution is 8.13. The number of carbonyl (C=O) groups is 2. The number of hydrogen-bond acceptors (Lipinski definition) is 3. The van der Waals surface area contributed by atoms with Crippen LogP contribution in [0.15, 0.2) is 0 Å². The Labute approximate surface area is 95.0 Å². The van der Waals surface area contributed by atoms with Gasteiger partial charge in [0.2, 0.25) is 0 Å². The van der Waals surface area contributed by atoms with Crippen LogP contribution in [-0.2, 0) is 4.79 Å². The smallest absolute Gasteiger partial charge is 0.327 e. The SMILES string of the molecule is C[Si](C)(C)CCN1C(=O)SC[C@H]1C(=O)O. The topological polar surface area (TPSA) is 57.6 Å². The van der Waals surface area contributed by atoms with Gasteiger partial charge in [-0.2, -0.15) is 0 Å². The van der Waals surface area contributed by atoms with Crippen LogP contribution in [0.25, 0.3) is 0 Å². The quantitative estimate of drug-likeness (QED) is 0.771. The largest absolute Gasteiger partial charge is 0.480 e. The zero-order valence-electron chi connectivity index (χ0n) is 9.32. The van der Waals surface area contributed by atoms with Crippen LogP contribution in [0.3, 0.4) is 0 Å². The van der Waals surface area contributed by atoms with Gasteiger partial charge < -0.3 is 10.0 Å². The van der Waals surface area contributed by atoms with Gasteiger partial charge >= 0.3 is 5.97 Å². The molecule has 0 saturated carbocycles. The van der Waals surface area contributed by atoms with Crippen molar-refractivity contribution in [3.8, 4) is 0 Å². The number of hydrogen-bond donors (Lipinski definition) is 1. The van der Waals surface area contributed by atoms with Crippen molar-refractivity contribution in [1.82, 2.24) is 4.90 Å². The minimum atomic E-state index is -1.21. The monoisotopic (exact) mass is 247 g/mol. The number of amides is 1. The average Bonchev–Trinajstić information content (AvgIpc) is 2.42. The molecule has 0 aromatic carbocycles. The predicted molar refractivity (Wildman–Crippen MR) is 64.1 cm³/mol. The molecule has 1 aliphatic rings. The molecule has 1 N–H and O–H groups in total. The first-order chi connectivity index (χ1) is 6.81. The van der Waals surface area contributed by atoms with Crippen LogP contribution < -0.4 is 0 Å². The van der Waals surface area contributed by atoms with Gasteiger partial charge in [-0.25, -0.2) is 4.79 Å². The third-order valence-electron chi connectivity index (χ3n) is 2.36. The van der Waals surface area contributed by atoms with Crippen LogP contribution in [-0.4, -0.2) is 47.6 Å². The number of carbonyl (C=O) groups excluding carboxylic acids is 1. The molecular weight excluding hydrogens is 230 g/mol. The molecule has 0 spiro atoms. The standard InChI is InChI=1S/C9H17NO3SSi/c1-15(2,3)5-4-10-7(8(11)12)6-14-9(10)13/h7H,4-6H2,1-3H3,(H,11,12)/t7-/m0/s1. The summed E-state index contributed by atoms with van der Waals surface area (Å²) in [6, 6.07) is 0.349. The van der Waals surface area contributed by atoms with E-state index in [1.54, 1.807) is 0 Å². The van der Waals surface area contributed by atoms with E-state index in [2.05, 4.69) is 19.6 Å². The van der Waals surface area contributed by atoms with Gasteiger partial charge in [0.25, 0.3) is 5.24 Å². The van der Waals surface area contributed by atoms with Crippen molar-refractivity contribution in [3.05, 3.63) is 0 Å². The Bertz CT molecular complexity index is 277. The molecule has 1 amide bonds. The summed E-state index contributed by atoms with van der Waals surface area (Å²) in [7, 11) is -1.21. The van der Waals surface area contributed by atoms with Crippen molar-refractivity contribution in [2.24, 2.45) is 0 Å². The van der Waals surface area contributed by atoms with Crippen molar-refractivity contribution in [2.45, 2.75) is 31.7 Å². The Kier molecular flexibility index (Phi) is 3.83. The Morgan fingerprint density at radius 3 is 2.67 bits per heavy atom. The molecule has 1 aliphatic heterocycles. The molecule has 4 nitrogen and oxygen atoms in total. The molecule has 6 heteroatoms. The minimum Gasteiger partial charge on any atom is -0.480 e. The third kappa shape index (κ3) is 3.53. The van der Waals surface area contributed by atoms with Gasteiger partial charge in [0, 0.05) is 20.4 Å². The number of nitrogens with zero attached hydrogens (tertiary/aromatic N) is 1. The van der Waals surface area contributed by atoms with E-state index in [4.69, 9.17) is 5.11 Å². The molecule has 1 rings (SSSR count). The van der Waals surface area contributed by atoms with Crippen molar-refractivity contribution in [3.63, 3.8) is 0 Å². The summed E-state index contributed by atoms with van der Waals surface area (Å²) in [6.07, 6.45) is 0. The molecule has 0 aromatic heterocycles. The van der Waals surface area contributed by atoms with E-state index < -0.39 is 20.1 Å². The van der Waals surface area contributed by atoms with Crippen molar-refractivity contribution in [2.75, 3.05) is 12.3 Å². The normalized spacial score (nSPS) is 22.2. The number of rotatable bonds is 4. The molecule has 1 saturated heterocycles. The fourth-order valence-corrected chi connectivity index (χ4v) is 3.28. The Morgan fingerprint density at radius 2 is 2.20 bits per heavy atom. The van der Waals surface area contributed by atoms with Crippen LogP contribution in [0.4, 0.5) is 4.79 Å². The number of thioether (sulfide) groups is 1. The number of aliphatic carboxylic acids is 1. The minimum absolute atomic E-state index is 0.0827. The highest BCUT2D eigenvalue weighted by Crippen LogP contribution is 2.25. The molecule has 1 fully saturated rings. The van der Waals surface area contributed by atoms with Gasteiger partial charge in [0.1, 0.15) is 6.04 Å². The van der Waals surface area contributed by atoms with Crippen LogP contribution in [0.5, 0.6) is 0 Å². The zero-order valence-corrected chi connectivity index (χ0v) is 11.1. The van der Waals surface area contributed by atoms with Gasteiger partial charge in [-0.3, -0.25) is 4.79 Å². The number of carboxylic acid groups (broad SMARTS) is 1. The van der Waals surface area contributed by atoms with Crippen LogP contribution in [0.2, 0.25) is 25.7 Å². The van der Waals surface area contributed by atoms with Gasteiger partial charge in [0.05, 0.1) is 0 Å². The lowest BCUT2D eigenvalue weighted by Crippen LogP contribution is -2.41. The second kappa shape index (κ2) is 4.57. The van der Waals surface area contributed by atoms with Crippen LogP contribution >= 0.6 is 11.8 Å². The Morgan fingerprint density at radius 1 is 1.60 bits per heavy atom. The maximum absolute atomic E-state index is 11.4. The summed E-state index contributed by atoms with van der Waals surface area (Å²) >= 11 is 1.11. The van der Waals surface area contributed by atoms with Crippen LogP contribution in [0, 0.1) is 0 Å². The van der Waals surface area contributed by atoms with Crippen LogP contribution in [0.1, 0.15) is 0 Å². The summed E-state index contributed by atoms with van der Waals surface area (Å²) in [5.74, 6) is -0.496. The van der Waals surface area contributed by atoms with Crippen molar-refractivity contribution in [1.29, 1.82) is 0 Å². The molecule has 15 heavy (non-hydrogen) atoms. The maximum atomic E-state index is 11.4. The average molecular weight is 247 g/mol. The summed E-state index contributed by atoms with van der Waals surface area (Å²) in [5.41, 5.74) is 0. The van der Waals surface area contributed by atoms with E-state index in [0.717, 1.165) is 17.8 Å². The highest BCUT2D eigenvalue weighted by atomic mass is 32.2. The highest BCUT2D eigenvalue weighted by Gasteiger charge is 2.37. The first-order valence-corrected chi connectivity index (χ1v) is 9.67. The summed E-state index contributed by atoms with van der Waals surface area (Å²) < 4.78 is 0.